The number of anilines is 8. The minimum Gasteiger partial charge on any atom is -0.496 e. The number of hydrogen-bond acceptors (Lipinski definition) is 23. The highest BCUT2D eigenvalue weighted by molar-refractivity contribution is 5.97. The monoisotopic (exact) mass is 1580 g/mol. The van der Waals surface area contributed by atoms with Crippen LogP contribution in [-0.2, 0) is 51.2 Å². The van der Waals surface area contributed by atoms with Crippen LogP contribution < -0.4 is 66.2 Å². The van der Waals surface area contributed by atoms with Crippen molar-refractivity contribution in [2.75, 3.05) is 49.6 Å². The van der Waals surface area contributed by atoms with Crippen molar-refractivity contribution in [3.05, 3.63) is 284 Å². The van der Waals surface area contributed by atoms with Crippen LogP contribution in [0.5, 0.6) is 52.3 Å². The third-order valence-corrected chi connectivity index (χ3v) is 16.0. The highest BCUT2D eigenvalue weighted by Crippen LogP contribution is 2.30. The van der Waals surface area contributed by atoms with Crippen molar-refractivity contribution in [2.45, 2.75) is 79.4 Å². The lowest BCUT2D eigenvalue weighted by Gasteiger charge is -2.14. The summed E-state index contributed by atoms with van der Waals surface area (Å²) in [5.74, 6) is 3.26. The number of nitrogens with zero attached hydrogens (tertiary/aromatic N) is 8. The van der Waals surface area contributed by atoms with E-state index in [1.807, 2.05) is 55.5 Å². The maximum atomic E-state index is 12.7. The topological polar surface area (TPSA) is 423 Å². The van der Waals surface area contributed by atoms with Gasteiger partial charge in [0, 0.05) is 80.3 Å². The summed E-state index contributed by atoms with van der Waals surface area (Å²) in [7, 11) is 1.58. The molecule has 8 aromatic carbocycles. The number of aliphatic hydroxyl groups excluding tert-OH is 2. The van der Waals surface area contributed by atoms with Gasteiger partial charge in [-0.25, -0.2) is 39.9 Å². The van der Waals surface area contributed by atoms with Gasteiger partial charge in [-0.3, -0.25) is 38.4 Å². The molecule has 12 rings (SSSR count). The molecule has 598 valence electrons. The average Bonchev–Trinajstić information content (AvgIpc) is 0.967. The Hall–Kier alpha value is -15.2. The molecular formula is C86H84N16O15. The summed E-state index contributed by atoms with van der Waals surface area (Å²) >= 11 is 0. The summed E-state index contributed by atoms with van der Waals surface area (Å²) in [5.41, 5.74) is 6.42. The number of carbonyl (C=O) groups is 8. The first-order valence-electron chi connectivity index (χ1n) is 36.2. The molecule has 8 amide bonds. The zero-order valence-corrected chi connectivity index (χ0v) is 64.8. The summed E-state index contributed by atoms with van der Waals surface area (Å²) in [6, 6.07) is 66.0. The highest BCUT2D eigenvalue weighted by atomic mass is 16.5. The largest absolute Gasteiger partial charge is 0.496 e. The third-order valence-electron chi connectivity index (χ3n) is 16.0. The molecule has 4 heterocycles. The Balaban J connectivity index is 0.000000178. The number of carbonyl (C=O) groups excluding carboxylic acids is 8. The van der Waals surface area contributed by atoms with Crippen LogP contribution in [0.15, 0.2) is 256 Å². The van der Waals surface area contributed by atoms with E-state index >= 15 is 0 Å². The number of aromatic nitrogens is 8. The second-order valence-corrected chi connectivity index (χ2v) is 25.9. The lowest BCUT2D eigenvalue weighted by molar-refractivity contribution is -0.124. The van der Waals surface area contributed by atoms with Crippen molar-refractivity contribution in [3.63, 3.8) is 0 Å². The van der Waals surface area contributed by atoms with Crippen LogP contribution in [0, 0.1) is 5.92 Å². The third kappa shape index (κ3) is 29.1. The molecule has 0 fully saturated rings. The molecule has 0 bridgehead atoms. The fraction of sp³-hybridized carbons (Fsp3) is 0.163. The lowest BCUT2D eigenvalue weighted by Crippen LogP contribution is -2.20. The van der Waals surface area contributed by atoms with Crippen molar-refractivity contribution in [1.82, 2.24) is 39.9 Å². The second-order valence-electron chi connectivity index (χ2n) is 25.9. The van der Waals surface area contributed by atoms with E-state index in [2.05, 4.69) is 108 Å². The quantitative estimate of drug-likeness (QED) is 0.0229. The summed E-state index contributed by atoms with van der Waals surface area (Å²) in [6.07, 6.45) is 3.88. The lowest BCUT2D eigenvalue weighted by atomic mass is 9.96. The van der Waals surface area contributed by atoms with Crippen molar-refractivity contribution in [3.8, 4) is 52.3 Å². The Labute approximate surface area is 673 Å². The Bertz CT molecular complexity index is 5150. The summed E-state index contributed by atoms with van der Waals surface area (Å²) < 4.78 is 27.8. The SMILES string of the molecule is CC(=O)Nc1cc(Oc2ccc(NC(=O)C(C)c3ccc(CC(C)C)cc3)cc2)ncn1.CC(=O)Nc1cc(Oc2ccc(NC(=O)[C@@H](O)c3ccccc3)cc2)ncn1.CC(=O)Nc1cc(Oc2ccc(NC(=O)[C@H](O)c3ccccc3)cc2)ncn1.COc1ccccc1CC(=O)Nc1ccc(Oc2cc(NC(C)=O)ncn2)cc1. The minimum atomic E-state index is -1.26. The Morgan fingerprint density at radius 2 is 0.650 bits per heavy atom. The molecule has 0 aliphatic rings. The van der Waals surface area contributed by atoms with Gasteiger partial charge in [-0.2, -0.15) is 0 Å². The van der Waals surface area contributed by atoms with E-state index in [-0.39, 0.29) is 65.4 Å². The normalized spacial score (nSPS) is 11.1. The maximum Gasteiger partial charge on any atom is 0.257 e. The van der Waals surface area contributed by atoms with Crippen molar-refractivity contribution >= 4 is 93.3 Å². The van der Waals surface area contributed by atoms with E-state index in [1.165, 1.54) is 82.8 Å². The van der Waals surface area contributed by atoms with Crippen molar-refractivity contribution in [1.29, 1.82) is 0 Å². The van der Waals surface area contributed by atoms with Crippen LogP contribution in [0.4, 0.5) is 46.0 Å². The van der Waals surface area contributed by atoms with Crippen LogP contribution in [0.25, 0.3) is 0 Å². The summed E-state index contributed by atoms with van der Waals surface area (Å²) in [6.45, 7) is 11.8. The van der Waals surface area contributed by atoms with Crippen LogP contribution >= 0.6 is 0 Å². The molecule has 4 aromatic heterocycles. The van der Waals surface area contributed by atoms with Crippen LogP contribution in [0.2, 0.25) is 0 Å². The number of hydrogen-bond donors (Lipinski definition) is 10. The molecular weight excluding hydrogens is 1500 g/mol. The number of ether oxygens (including phenoxy) is 5. The number of nitrogens with one attached hydrogen (secondary N) is 8. The Morgan fingerprint density at radius 1 is 0.342 bits per heavy atom. The van der Waals surface area contributed by atoms with Crippen LogP contribution in [0.1, 0.15) is 94.4 Å². The van der Waals surface area contributed by atoms with E-state index in [9.17, 15) is 48.6 Å². The molecule has 31 heteroatoms. The molecule has 117 heavy (non-hydrogen) atoms. The molecule has 31 nitrogen and oxygen atoms in total. The Kier molecular flexibility index (Phi) is 31.9. The average molecular weight is 1580 g/mol. The predicted octanol–water partition coefficient (Wildman–Crippen LogP) is 14.4. The number of benzene rings is 8. The molecule has 3 atom stereocenters. The first-order chi connectivity index (χ1) is 56.3. The first-order valence-corrected chi connectivity index (χ1v) is 36.2. The molecule has 0 saturated heterocycles. The molecule has 12 aromatic rings. The first kappa shape index (κ1) is 85.8. The summed E-state index contributed by atoms with van der Waals surface area (Å²) in [5, 5.41) is 41.5. The standard InChI is InChI=1S/C25H28N4O3.C21H20N4O4.2C20H18N4O4/c1-16(2)13-19-5-7-20(8-6-19)17(3)25(31)29-21-9-11-22(12-10-21)32-24-14-23(26-15-27-24)28-18(4)30;1-14(26)24-19-12-21(23-13-22-19)29-17-9-7-16(8-10-17)25-20(27)11-15-5-3-4-6-18(15)28-2;2*1-13(25)23-17-11-18(22-12-21-17)28-16-9-7-15(8-10-16)24-20(27)19(26)14-5-3-2-4-6-14/h5-12,14-17H,13H2,1-4H3,(H,29,31)(H,26,27,28,30);3-10,12-13H,11H2,1-2H3,(H,25,27)(H,22,23,24,26);2*2-12,19,26H,1H3,(H,24,27)(H,21,22,23,25)/t;;2*19-/m..10/s1. The highest BCUT2D eigenvalue weighted by Gasteiger charge is 2.21. The maximum absolute atomic E-state index is 12.7. The van der Waals surface area contributed by atoms with Crippen molar-refractivity contribution in [2.24, 2.45) is 5.92 Å². The fourth-order valence-corrected chi connectivity index (χ4v) is 10.5. The van der Waals surface area contributed by atoms with Gasteiger partial charge in [-0.15, -0.1) is 0 Å². The van der Waals surface area contributed by atoms with Gasteiger partial charge in [0.25, 0.3) is 11.8 Å². The molecule has 0 radical (unpaired) electrons. The van der Waals surface area contributed by atoms with E-state index in [0.717, 1.165) is 17.5 Å². The van der Waals surface area contributed by atoms with E-state index in [4.69, 9.17) is 23.7 Å². The van der Waals surface area contributed by atoms with Crippen LogP contribution in [-0.4, -0.2) is 104 Å². The molecule has 1 unspecified atom stereocenters. The minimum absolute atomic E-state index is 0.0778. The molecule has 0 saturated carbocycles. The predicted molar refractivity (Wildman–Crippen MR) is 439 cm³/mol. The van der Waals surface area contributed by atoms with E-state index in [1.54, 1.807) is 153 Å². The molecule has 10 N–H and O–H groups in total. The fourth-order valence-electron chi connectivity index (χ4n) is 10.5. The number of rotatable bonds is 27. The second kappa shape index (κ2) is 43.5. The van der Waals surface area contributed by atoms with Gasteiger partial charge in [-0.1, -0.05) is 117 Å². The summed E-state index contributed by atoms with van der Waals surface area (Å²) in [4.78, 5) is 125. The molecule has 0 aliphatic carbocycles. The van der Waals surface area contributed by atoms with Crippen molar-refractivity contribution < 1.29 is 72.3 Å². The van der Waals surface area contributed by atoms with Gasteiger partial charge in [0.15, 0.2) is 12.2 Å². The van der Waals surface area contributed by atoms with Crippen LogP contribution in [0.3, 0.4) is 0 Å². The molecule has 0 aliphatic heterocycles. The van der Waals surface area contributed by atoms with Gasteiger partial charge in [0.05, 0.1) is 19.4 Å². The number of amides is 8. The van der Waals surface area contributed by atoms with Gasteiger partial charge >= 0.3 is 0 Å². The van der Waals surface area contributed by atoms with Gasteiger partial charge in [0.2, 0.25) is 59.0 Å². The Morgan fingerprint density at radius 3 is 0.966 bits per heavy atom. The smallest absolute Gasteiger partial charge is 0.257 e. The zero-order chi connectivity index (χ0) is 83.6. The number of para-hydroxylation sites is 1. The van der Waals surface area contributed by atoms with Gasteiger partial charge in [-0.05, 0) is 145 Å². The zero-order valence-electron chi connectivity index (χ0n) is 64.8. The number of aliphatic hydroxyl groups is 2. The van der Waals surface area contributed by atoms with Gasteiger partial charge < -0.3 is 76.4 Å². The van der Waals surface area contributed by atoms with Gasteiger partial charge in [0.1, 0.15) is 77.3 Å². The van der Waals surface area contributed by atoms with E-state index in [0.29, 0.717) is 97.7 Å². The molecule has 0 spiro atoms. The van der Waals surface area contributed by atoms with E-state index < -0.39 is 24.0 Å². The number of methoxy groups -OCH3 is 1.